The lowest BCUT2D eigenvalue weighted by molar-refractivity contribution is 0.592. The number of imidazole rings is 1. The molecule has 0 aliphatic carbocycles. The Hall–Kier alpha value is -5.24. The van der Waals surface area contributed by atoms with Crippen molar-refractivity contribution in [2.45, 2.75) is 0 Å². The van der Waals surface area contributed by atoms with Crippen LogP contribution in [0.3, 0.4) is 0 Å². The molecule has 1 unspecified atom stereocenters. The predicted octanol–water partition coefficient (Wildman–Crippen LogP) is 8.74. The number of rotatable bonds is 3. The molecule has 0 saturated heterocycles. The van der Waals surface area contributed by atoms with Crippen LogP contribution in [0.5, 0.6) is 0 Å². The monoisotopic (exact) mass is 568 g/mol. The topological polar surface area (TPSA) is 34.4 Å². The third kappa shape index (κ3) is 3.49. The van der Waals surface area contributed by atoms with Gasteiger partial charge in [0.15, 0.2) is 7.14 Å². The number of pyridine rings is 1. The summed E-state index contributed by atoms with van der Waals surface area (Å²) in [5, 5.41) is 10.3. The van der Waals surface area contributed by atoms with E-state index in [1.165, 1.54) is 16.2 Å². The maximum absolute atomic E-state index is 15.7. The average Bonchev–Trinajstić information content (AvgIpc) is 3.48. The highest BCUT2D eigenvalue weighted by molar-refractivity contribution is 7.85. The molecule has 0 N–H and O–H groups in total. The van der Waals surface area contributed by atoms with Crippen molar-refractivity contribution < 1.29 is 4.57 Å². The van der Waals surface area contributed by atoms with Gasteiger partial charge in [0.05, 0.1) is 16.6 Å². The SMILES string of the molecule is O=P(c1ccccc1)(c1ccc2c(ccc3ccccc32)c1)c1ccc2c(c1)c1ccccc1n1c3ccccc3nc21. The Kier molecular flexibility index (Phi) is 5.17. The van der Waals surface area contributed by atoms with Crippen molar-refractivity contribution in [3.8, 4) is 0 Å². The van der Waals surface area contributed by atoms with Crippen LogP contribution in [0, 0.1) is 0 Å². The van der Waals surface area contributed by atoms with E-state index in [-0.39, 0.29) is 0 Å². The Morgan fingerprint density at radius 3 is 1.93 bits per heavy atom. The van der Waals surface area contributed by atoms with Crippen molar-refractivity contribution >= 4 is 83.0 Å². The lowest BCUT2D eigenvalue weighted by atomic mass is 10.0. The highest BCUT2D eigenvalue weighted by atomic mass is 31.2. The van der Waals surface area contributed by atoms with Crippen LogP contribution in [-0.4, -0.2) is 9.38 Å². The summed E-state index contributed by atoms with van der Waals surface area (Å²) in [6.45, 7) is 0. The van der Waals surface area contributed by atoms with Crippen LogP contribution in [0.2, 0.25) is 0 Å². The molecule has 7 aromatic carbocycles. The summed E-state index contributed by atoms with van der Waals surface area (Å²) in [6.07, 6.45) is 0. The van der Waals surface area contributed by atoms with Crippen molar-refractivity contribution in [3.05, 3.63) is 152 Å². The molecule has 0 amide bonds. The van der Waals surface area contributed by atoms with Gasteiger partial charge in [-0.15, -0.1) is 0 Å². The van der Waals surface area contributed by atoms with Gasteiger partial charge in [-0.25, -0.2) is 4.98 Å². The molecule has 2 heterocycles. The minimum atomic E-state index is -3.24. The van der Waals surface area contributed by atoms with Crippen LogP contribution in [0.25, 0.3) is 59.9 Å². The lowest BCUT2D eigenvalue weighted by Gasteiger charge is -2.21. The zero-order chi connectivity index (χ0) is 28.5. The van der Waals surface area contributed by atoms with Crippen molar-refractivity contribution in [2.75, 3.05) is 0 Å². The Morgan fingerprint density at radius 1 is 0.442 bits per heavy atom. The van der Waals surface area contributed by atoms with Gasteiger partial charge in [0, 0.05) is 26.7 Å². The minimum absolute atomic E-state index is 0.817. The van der Waals surface area contributed by atoms with E-state index >= 15 is 4.57 Å². The molecule has 1 atom stereocenters. The van der Waals surface area contributed by atoms with E-state index in [4.69, 9.17) is 4.98 Å². The molecule has 0 fully saturated rings. The largest absolute Gasteiger partial charge is 0.309 e. The van der Waals surface area contributed by atoms with Gasteiger partial charge in [-0.05, 0) is 63.3 Å². The molecule has 0 spiro atoms. The highest BCUT2D eigenvalue weighted by Crippen LogP contribution is 2.45. The third-order valence-corrected chi connectivity index (χ3v) is 11.9. The zero-order valence-corrected chi connectivity index (χ0v) is 24.1. The van der Waals surface area contributed by atoms with E-state index in [0.717, 1.165) is 59.7 Å². The van der Waals surface area contributed by atoms with Crippen molar-refractivity contribution in [2.24, 2.45) is 0 Å². The maximum Gasteiger partial charge on any atom is 0.171 e. The fraction of sp³-hybridized carbons (Fsp3) is 0. The van der Waals surface area contributed by atoms with Crippen LogP contribution in [0.1, 0.15) is 0 Å². The second-order valence-electron chi connectivity index (χ2n) is 11.1. The summed E-state index contributed by atoms with van der Waals surface area (Å²) >= 11 is 0. The van der Waals surface area contributed by atoms with Crippen LogP contribution in [0.15, 0.2) is 152 Å². The van der Waals surface area contributed by atoms with Crippen molar-refractivity contribution in [1.29, 1.82) is 0 Å². The van der Waals surface area contributed by atoms with Gasteiger partial charge in [0.25, 0.3) is 0 Å². The standard InChI is InChI=1S/C39H25N2OP/c42-43(28-11-2-1-3-12-28,29-20-22-32-27(24-29)19-18-26-10-4-5-13-31(26)32)30-21-23-34-35(25-30)33-14-6-8-16-37(33)41-38-17-9-7-15-36(38)40-39(34)41/h1-25H. The molecule has 0 saturated carbocycles. The van der Waals surface area contributed by atoms with E-state index < -0.39 is 7.14 Å². The summed E-state index contributed by atoms with van der Waals surface area (Å²) in [4.78, 5) is 5.05. The van der Waals surface area contributed by atoms with E-state index in [1.807, 2.05) is 36.4 Å². The first-order valence-corrected chi connectivity index (χ1v) is 16.2. The molecule has 9 rings (SSSR count). The molecule has 0 aliphatic rings. The van der Waals surface area contributed by atoms with Crippen LogP contribution < -0.4 is 15.9 Å². The van der Waals surface area contributed by atoms with Gasteiger partial charge in [-0.1, -0.05) is 115 Å². The Morgan fingerprint density at radius 2 is 1.07 bits per heavy atom. The fourth-order valence-electron chi connectivity index (χ4n) is 6.77. The van der Waals surface area contributed by atoms with Crippen molar-refractivity contribution in [1.82, 2.24) is 9.38 Å². The first-order chi connectivity index (χ1) is 21.2. The van der Waals surface area contributed by atoms with Crippen LogP contribution >= 0.6 is 7.14 Å². The highest BCUT2D eigenvalue weighted by Gasteiger charge is 2.31. The van der Waals surface area contributed by atoms with Gasteiger partial charge < -0.3 is 4.57 Å². The number of hydrogen-bond donors (Lipinski definition) is 0. The van der Waals surface area contributed by atoms with Gasteiger partial charge in [-0.3, -0.25) is 4.40 Å². The van der Waals surface area contributed by atoms with Crippen LogP contribution in [0.4, 0.5) is 0 Å². The second-order valence-corrected chi connectivity index (χ2v) is 13.9. The molecule has 0 bridgehead atoms. The molecule has 0 aliphatic heterocycles. The molecule has 2 aromatic heterocycles. The van der Waals surface area contributed by atoms with Gasteiger partial charge in [0.1, 0.15) is 5.65 Å². The molecule has 3 nitrogen and oxygen atoms in total. The summed E-state index contributed by atoms with van der Waals surface area (Å²) in [7, 11) is -3.24. The number of fused-ring (bicyclic) bond motifs is 11. The molecular weight excluding hydrogens is 543 g/mol. The van der Waals surface area contributed by atoms with Gasteiger partial charge in [0.2, 0.25) is 0 Å². The number of para-hydroxylation sites is 3. The zero-order valence-electron chi connectivity index (χ0n) is 23.2. The molecule has 4 heteroatoms. The van der Waals surface area contributed by atoms with E-state index in [1.54, 1.807) is 0 Å². The summed E-state index contributed by atoms with van der Waals surface area (Å²) in [5.41, 5.74) is 4.04. The average molecular weight is 569 g/mol. The van der Waals surface area contributed by atoms with E-state index in [2.05, 4.69) is 120 Å². The Balaban J connectivity index is 1.35. The van der Waals surface area contributed by atoms with Gasteiger partial charge in [-0.2, -0.15) is 0 Å². The fourth-order valence-corrected chi connectivity index (χ4v) is 9.46. The Labute approximate surface area is 248 Å². The maximum atomic E-state index is 15.7. The Bertz CT molecular complexity index is 2600. The second kappa shape index (κ2) is 9.13. The van der Waals surface area contributed by atoms with Gasteiger partial charge >= 0.3 is 0 Å². The summed E-state index contributed by atoms with van der Waals surface area (Å²) < 4.78 is 17.9. The number of nitrogens with zero attached hydrogens (tertiary/aromatic N) is 2. The van der Waals surface area contributed by atoms with E-state index in [9.17, 15) is 0 Å². The summed E-state index contributed by atoms with van der Waals surface area (Å²) in [5.74, 6) is 0. The molecule has 9 aromatic rings. The van der Waals surface area contributed by atoms with Crippen LogP contribution in [-0.2, 0) is 4.57 Å². The van der Waals surface area contributed by atoms with Crippen molar-refractivity contribution in [3.63, 3.8) is 0 Å². The predicted molar refractivity (Wildman–Crippen MR) is 182 cm³/mol. The molecule has 43 heavy (non-hydrogen) atoms. The molecule has 202 valence electrons. The van der Waals surface area contributed by atoms with E-state index in [0.29, 0.717) is 0 Å². The lowest BCUT2D eigenvalue weighted by Crippen LogP contribution is -2.25. The first kappa shape index (κ1) is 24.4. The smallest absolute Gasteiger partial charge is 0.171 e. The minimum Gasteiger partial charge on any atom is -0.309 e. The number of benzene rings is 7. The quantitative estimate of drug-likeness (QED) is 0.158. The molecular formula is C39H25N2OP. The number of aromatic nitrogens is 2. The molecule has 0 radical (unpaired) electrons. The third-order valence-electron chi connectivity index (χ3n) is 8.82. The number of hydrogen-bond acceptors (Lipinski definition) is 2. The summed E-state index contributed by atoms with van der Waals surface area (Å²) in [6, 6.07) is 52.0. The first-order valence-electron chi connectivity index (χ1n) is 14.5. The normalized spacial score (nSPS) is 13.4.